The fraction of sp³-hybridized carbons (Fsp3) is 0.292. The van der Waals surface area contributed by atoms with Gasteiger partial charge in [-0.15, -0.1) is 0 Å². The molecule has 2 aromatic heterocycles. The van der Waals surface area contributed by atoms with Crippen LogP contribution in [0.2, 0.25) is 0 Å². The van der Waals surface area contributed by atoms with E-state index in [1.165, 1.54) is 0 Å². The lowest BCUT2D eigenvalue weighted by Gasteiger charge is -2.15. The molecule has 1 atom stereocenters. The topological polar surface area (TPSA) is 134 Å². The minimum Gasteiger partial charge on any atom is -0.447 e. The number of aromatic nitrogens is 2. The van der Waals surface area contributed by atoms with E-state index < -0.39 is 6.09 Å². The average molecular weight is 463 g/mol. The molecule has 0 unspecified atom stereocenters. The molecule has 4 rings (SSSR count). The van der Waals surface area contributed by atoms with Gasteiger partial charge in [0.2, 0.25) is 5.91 Å². The van der Waals surface area contributed by atoms with Gasteiger partial charge in [-0.3, -0.25) is 15.1 Å². The molecule has 3 heterocycles. The Labute approximate surface area is 196 Å². The molecule has 4 N–H and O–H groups in total. The second-order valence-electron chi connectivity index (χ2n) is 7.86. The van der Waals surface area contributed by atoms with Gasteiger partial charge in [-0.25, -0.2) is 14.6 Å². The number of carbonyl (C=O) groups excluding carboxylic acids is 3. The van der Waals surface area contributed by atoms with Crippen molar-refractivity contribution >= 4 is 34.6 Å². The third-order valence-corrected chi connectivity index (χ3v) is 5.49. The fourth-order valence-electron chi connectivity index (χ4n) is 3.82. The van der Waals surface area contributed by atoms with Crippen LogP contribution in [0.4, 0.5) is 15.4 Å². The van der Waals surface area contributed by atoms with Gasteiger partial charge in [0.15, 0.2) is 0 Å². The fourth-order valence-corrected chi connectivity index (χ4v) is 3.82. The van der Waals surface area contributed by atoms with E-state index in [-0.39, 0.29) is 31.1 Å². The number of alkyl carbamates (subject to hydrolysis) is 1. The standard InChI is InChI=1S/C24H26N6O4/c1-2-26-23(32)30-21-11-19-18(15-7-9-25-10-8-15)5-3-16(20(19)13-27-21)12-28-24(33)34-14-17-4-6-22(31)29-17/h3,5,7-11,13,17H,2,4,6,12,14H2,1H3,(H,28,33)(H,29,31)(H2,26,27,30,32)/t17-/m0/s1. The predicted molar refractivity (Wildman–Crippen MR) is 127 cm³/mol. The molecule has 1 saturated heterocycles. The molecule has 4 amide bonds. The van der Waals surface area contributed by atoms with E-state index in [0.29, 0.717) is 25.2 Å². The van der Waals surface area contributed by atoms with E-state index in [1.54, 1.807) is 18.6 Å². The van der Waals surface area contributed by atoms with Crippen molar-refractivity contribution in [2.75, 3.05) is 18.5 Å². The summed E-state index contributed by atoms with van der Waals surface area (Å²) >= 11 is 0. The highest BCUT2D eigenvalue weighted by Gasteiger charge is 2.22. The molecule has 0 radical (unpaired) electrons. The Morgan fingerprint density at radius 1 is 1.15 bits per heavy atom. The number of pyridine rings is 2. The number of rotatable bonds is 7. The summed E-state index contributed by atoms with van der Waals surface area (Å²) < 4.78 is 5.25. The summed E-state index contributed by atoms with van der Waals surface area (Å²) in [5, 5.41) is 12.6. The zero-order chi connectivity index (χ0) is 23.9. The van der Waals surface area contributed by atoms with Crippen molar-refractivity contribution < 1.29 is 19.1 Å². The number of anilines is 1. The number of fused-ring (bicyclic) bond motifs is 1. The Morgan fingerprint density at radius 3 is 2.71 bits per heavy atom. The summed E-state index contributed by atoms with van der Waals surface area (Å²) in [7, 11) is 0. The van der Waals surface area contributed by atoms with E-state index in [1.807, 2.05) is 37.3 Å². The lowest BCUT2D eigenvalue weighted by molar-refractivity contribution is -0.119. The molecule has 1 aliphatic heterocycles. The molecule has 0 aliphatic carbocycles. The van der Waals surface area contributed by atoms with Crippen molar-refractivity contribution in [2.45, 2.75) is 32.4 Å². The number of ether oxygens (including phenoxy) is 1. The van der Waals surface area contributed by atoms with Gasteiger partial charge in [0.05, 0.1) is 6.04 Å². The molecule has 3 aromatic rings. The van der Waals surface area contributed by atoms with Crippen LogP contribution < -0.4 is 21.3 Å². The van der Waals surface area contributed by atoms with Crippen molar-refractivity contribution in [2.24, 2.45) is 0 Å². The largest absolute Gasteiger partial charge is 0.447 e. The lowest BCUT2D eigenvalue weighted by Crippen LogP contribution is -2.33. The van der Waals surface area contributed by atoms with Crippen LogP contribution in [0.5, 0.6) is 0 Å². The number of nitrogens with zero attached hydrogens (tertiary/aromatic N) is 2. The van der Waals surface area contributed by atoms with Crippen LogP contribution >= 0.6 is 0 Å². The van der Waals surface area contributed by atoms with Crippen molar-refractivity contribution in [3.8, 4) is 11.1 Å². The number of nitrogens with one attached hydrogen (secondary N) is 4. The van der Waals surface area contributed by atoms with E-state index >= 15 is 0 Å². The van der Waals surface area contributed by atoms with Crippen LogP contribution in [0.15, 0.2) is 48.9 Å². The molecule has 34 heavy (non-hydrogen) atoms. The van der Waals surface area contributed by atoms with Crippen LogP contribution in [0.3, 0.4) is 0 Å². The molecule has 1 aliphatic rings. The molecule has 10 heteroatoms. The first-order chi connectivity index (χ1) is 16.5. The number of urea groups is 1. The molecule has 0 bridgehead atoms. The summed E-state index contributed by atoms with van der Waals surface area (Å²) in [4.78, 5) is 43.9. The van der Waals surface area contributed by atoms with Gasteiger partial charge in [-0.05, 0) is 53.6 Å². The van der Waals surface area contributed by atoms with Crippen LogP contribution in [-0.4, -0.2) is 47.2 Å². The van der Waals surface area contributed by atoms with E-state index in [9.17, 15) is 14.4 Å². The number of hydrogen-bond acceptors (Lipinski definition) is 6. The molecule has 176 valence electrons. The van der Waals surface area contributed by atoms with Crippen LogP contribution in [0.25, 0.3) is 21.9 Å². The second-order valence-corrected chi connectivity index (χ2v) is 7.86. The van der Waals surface area contributed by atoms with Crippen molar-refractivity contribution in [1.29, 1.82) is 0 Å². The predicted octanol–water partition coefficient (Wildman–Crippen LogP) is 2.94. The van der Waals surface area contributed by atoms with Crippen molar-refractivity contribution in [3.05, 3.63) is 54.5 Å². The summed E-state index contributed by atoms with van der Waals surface area (Å²) in [6, 6.07) is 9.03. The summed E-state index contributed by atoms with van der Waals surface area (Å²) in [6.07, 6.45) is 5.66. The third kappa shape index (κ3) is 5.58. The number of amides is 4. The highest BCUT2D eigenvalue weighted by Crippen LogP contribution is 2.31. The lowest BCUT2D eigenvalue weighted by atomic mass is 9.96. The first-order valence-corrected chi connectivity index (χ1v) is 11.1. The SMILES string of the molecule is CCNC(=O)Nc1cc2c(-c3ccncc3)ccc(CNC(=O)OC[C@@H]3CCC(=O)N3)c2cn1. The maximum absolute atomic E-state index is 12.2. The van der Waals surface area contributed by atoms with E-state index in [2.05, 4.69) is 31.2 Å². The minimum absolute atomic E-state index is 0.0247. The minimum atomic E-state index is -0.560. The normalized spacial score (nSPS) is 15.0. The van der Waals surface area contributed by atoms with Crippen molar-refractivity contribution in [1.82, 2.24) is 25.9 Å². The van der Waals surface area contributed by atoms with Crippen molar-refractivity contribution in [3.63, 3.8) is 0 Å². The first kappa shape index (κ1) is 23.0. The summed E-state index contributed by atoms with van der Waals surface area (Å²) in [5.41, 5.74) is 2.76. The number of hydrogen-bond donors (Lipinski definition) is 4. The zero-order valence-corrected chi connectivity index (χ0v) is 18.8. The average Bonchev–Trinajstić information content (AvgIpc) is 3.26. The molecule has 10 nitrogen and oxygen atoms in total. The zero-order valence-electron chi connectivity index (χ0n) is 18.8. The van der Waals surface area contributed by atoms with Crippen LogP contribution in [0.1, 0.15) is 25.3 Å². The summed E-state index contributed by atoms with van der Waals surface area (Å²) in [5.74, 6) is 0.389. The molecule has 0 spiro atoms. The van der Waals surface area contributed by atoms with Gasteiger partial charge in [-0.2, -0.15) is 0 Å². The number of benzene rings is 1. The Balaban J connectivity index is 1.54. The van der Waals surface area contributed by atoms with E-state index in [4.69, 9.17) is 4.74 Å². The van der Waals surface area contributed by atoms with Gasteiger partial charge in [-0.1, -0.05) is 12.1 Å². The second kappa shape index (κ2) is 10.6. The Bertz CT molecular complexity index is 1200. The molecule has 1 fully saturated rings. The quantitative estimate of drug-likeness (QED) is 0.427. The van der Waals surface area contributed by atoms with Gasteiger partial charge < -0.3 is 20.7 Å². The maximum Gasteiger partial charge on any atom is 0.407 e. The smallest absolute Gasteiger partial charge is 0.407 e. The van der Waals surface area contributed by atoms with Gasteiger partial charge in [0.1, 0.15) is 12.4 Å². The van der Waals surface area contributed by atoms with Gasteiger partial charge in [0, 0.05) is 43.5 Å². The highest BCUT2D eigenvalue weighted by molar-refractivity contribution is 6.00. The Hall–Kier alpha value is -4.21. The van der Waals surface area contributed by atoms with E-state index in [0.717, 1.165) is 27.5 Å². The Kier molecular flexibility index (Phi) is 7.16. The number of carbonyl (C=O) groups is 3. The Morgan fingerprint density at radius 2 is 1.97 bits per heavy atom. The molecule has 0 saturated carbocycles. The van der Waals surface area contributed by atoms with Crippen LogP contribution in [0, 0.1) is 0 Å². The monoisotopic (exact) mass is 462 g/mol. The summed E-state index contributed by atoms with van der Waals surface area (Å²) in [6.45, 7) is 2.70. The molecular formula is C24H26N6O4. The molecular weight excluding hydrogens is 436 g/mol. The third-order valence-electron chi connectivity index (χ3n) is 5.49. The first-order valence-electron chi connectivity index (χ1n) is 11.1. The highest BCUT2D eigenvalue weighted by atomic mass is 16.5. The maximum atomic E-state index is 12.2. The van der Waals surface area contributed by atoms with Gasteiger partial charge >= 0.3 is 12.1 Å². The van der Waals surface area contributed by atoms with Gasteiger partial charge in [0.25, 0.3) is 0 Å². The molecule has 1 aromatic carbocycles. The van der Waals surface area contributed by atoms with Crippen LogP contribution in [-0.2, 0) is 16.1 Å².